The van der Waals surface area contributed by atoms with Crippen molar-refractivity contribution in [1.29, 1.82) is 0 Å². The molecular formula is C24H20Cl2N2O4. The van der Waals surface area contributed by atoms with Gasteiger partial charge in [0.2, 0.25) is 0 Å². The number of benzene rings is 3. The number of carbonyl (C=O) groups excluding carboxylic acids is 2. The van der Waals surface area contributed by atoms with Crippen molar-refractivity contribution in [2.24, 2.45) is 5.10 Å². The first-order chi connectivity index (χ1) is 15.4. The highest BCUT2D eigenvalue weighted by Crippen LogP contribution is 2.30. The van der Waals surface area contributed by atoms with Gasteiger partial charge in [0, 0.05) is 10.6 Å². The molecule has 0 bridgehead atoms. The lowest BCUT2D eigenvalue weighted by Crippen LogP contribution is -2.17. The Morgan fingerprint density at radius 1 is 1.00 bits per heavy atom. The third-order valence-corrected chi connectivity index (χ3v) is 4.86. The molecule has 0 aliphatic rings. The molecule has 164 valence electrons. The zero-order chi connectivity index (χ0) is 23.1. The van der Waals surface area contributed by atoms with Gasteiger partial charge >= 0.3 is 5.97 Å². The Morgan fingerprint density at radius 3 is 2.44 bits per heavy atom. The summed E-state index contributed by atoms with van der Waals surface area (Å²) in [6.45, 7) is 4.11. The Balaban J connectivity index is 1.72. The van der Waals surface area contributed by atoms with Crippen LogP contribution in [0.25, 0.3) is 0 Å². The van der Waals surface area contributed by atoms with Gasteiger partial charge in [0.1, 0.15) is 0 Å². The first-order valence-electron chi connectivity index (χ1n) is 9.71. The van der Waals surface area contributed by atoms with Gasteiger partial charge in [-0.05, 0) is 67.9 Å². The maximum atomic E-state index is 12.5. The smallest absolute Gasteiger partial charge is 0.345 e. The molecule has 32 heavy (non-hydrogen) atoms. The monoisotopic (exact) mass is 470 g/mol. The summed E-state index contributed by atoms with van der Waals surface area (Å²) in [6, 6.07) is 16.6. The molecule has 3 aromatic carbocycles. The van der Waals surface area contributed by atoms with Crippen molar-refractivity contribution in [2.75, 3.05) is 6.61 Å². The van der Waals surface area contributed by atoms with Crippen molar-refractivity contribution >= 4 is 41.3 Å². The van der Waals surface area contributed by atoms with Gasteiger partial charge in [-0.2, -0.15) is 5.10 Å². The SMILES string of the molecule is CCOc1cc(/C=N/NC(=O)c2ccc(C)cc2)ccc1OC(=O)c1ccc(Cl)cc1Cl. The molecular weight excluding hydrogens is 451 g/mol. The van der Waals surface area contributed by atoms with E-state index in [2.05, 4.69) is 10.5 Å². The van der Waals surface area contributed by atoms with Crippen LogP contribution >= 0.6 is 23.2 Å². The number of halogens is 2. The number of nitrogens with one attached hydrogen (secondary N) is 1. The predicted octanol–water partition coefficient (Wildman–Crippen LogP) is 5.68. The molecule has 0 spiro atoms. The minimum Gasteiger partial charge on any atom is -0.490 e. The van der Waals surface area contributed by atoms with E-state index in [1.54, 1.807) is 36.4 Å². The number of hydrogen-bond acceptors (Lipinski definition) is 5. The van der Waals surface area contributed by atoms with Crippen LogP contribution in [0.15, 0.2) is 65.8 Å². The lowest BCUT2D eigenvalue weighted by Gasteiger charge is -2.12. The van der Waals surface area contributed by atoms with Crippen molar-refractivity contribution in [1.82, 2.24) is 5.43 Å². The van der Waals surface area contributed by atoms with Crippen LogP contribution in [0.1, 0.15) is 38.8 Å². The second-order valence-corrected chi connectivity index (χ2v) is 7.56. The first-order valence-corrected chi connectivity index (χ1v) is 10.5. The van der Waals surface area contributed by atoms with Gasteiger partial charge in [-0.1, -0.05) is 40.9 Å². The number of rotatable bonds is 7. The topological polar surface area (TPSA) is 77.0 Å². The van der Waals surface area contributed by atoms with Crippen LogP contribution < -0.4 is 14.9 Å². The highest BCUT2D eigenvalue weighted by Gasteiger charge is 2.16. The molecule has 0 radical (unpaired) electrons. The lowest BCUT2D eigenvalue weighted by molar-refractivity contribution is 0.0728. The van der Waals surface area contributed by atoms with Crippen molar-refractivity contribution in [3.63, 3.8) is 0 Å². The van der Waals surface area contributed by atoms with E-state index in [0.29, 0.717) is 28.5 Å². The van der Waals surface area contributed by atoms with Crippen LogP contribution in [0, 0.1) is 6.92 Å². The maximum absolute atomic E-state index is 12.5. The molecule has 1 amide bonds. The number of amides is 1. The number of hydrogen-bond donors (Lipinski definition) is 1. The molecule has 0 unspecified atom stereocenters. The summed E-state index contributed by atoms with van der Waals surface area (Å²) in [5.74, 6) is -0.389. The number of nitrogens with zero attached hydrogens (tertiary/aromatic N) is 1. The van der Waals surface area contributed by atoms with Crippen LogP contribution in [0.2, 0.25) is 10.0 Å². The number of hydrazone groups is 1. The van der Waals surface area contributed by atoms with Crippen molar-refractivity contribution in [2.45, 2.75) is 13.8 Å². The molecule has 6 nitrogen and oxygen atoms in total. The summed E-state index contributed by atoms with van der Waals surface area (Å²) >= 11 is 12.0. The fraction of sp³-hybridized carbons (Fsp3) is 0.125. The second kappa shape index (κ2) is 10.8. The highest BCUT2D eigenvalue weighted by molar-refractivity contribution is 6.36. The highest BCUT2D eigenvalue weighted by atomic mass is 35.5. The molecule has 0 fully saturated rings. The predicted molar refractivity (Wildman–Crippen MR) is 125 cm³/mol. The van der Waals surface area contributed by atoms with Crippen LogP contribution in [0.4, 0.5) is 0 Å². The normalized spacial score (nSPS) is 10.8. The Labute approximate surface area is 195 Å². The van der Waals surface area contributed by atoms with Crippen molar-refractivity contribution in [3.05, 3.63) is 93.0 Å². The molecule has 0 saturated heterocycles. The maximum Gasteiger partial charge on any atom is 0.345 e. The Bertz CT molecular complexity index is 1160. The first kappa shape index (κ1) is 23.3. The zero-order valence-electron chi connectivity index (χ0n) is 17.4. The van der Waals surface area contributed by atoms with Crippen LogP contribution in [-0.2, 0) is 0 Å². The van der Waals surface area contributed by atoms with Crippen LogP contribution in [-0.4, -0.2) is 24.7 Å². The van der Waals surface area contributed by atoms with Gasteiger partial charge in [-0.15, -0.1) is 0 Å². The van der Waals surface area contributed by atoms with Gasteiger partial charge in [0.15, 0.2) is 11.5 Å². The van der Waals surface area contributed by atoms with Crippen molar-refractivity contribution in [3.8, 4) is 11.5 Å². The molecule has 1 N–H and O–H groups in total. The van der Waals surface area contributed by atoms with E-state index in [9.17, 15) is 9.59 Å². The third-order valence-electron chi connectivity index (χ3n) is 4.31. The average molecular weight is 471 g/mol. The number of aryl methyl sites for hydroxylation is 1. The molecule has 0 aromatic heterocycles. The summed E-state index contributed by atoms with van der Waals surface area (Å²) in [5, 5.41) is 4.59. The van der Waals surface area contributed by atoms with Gasteiger partial charge in [-0.3, -0.25) is 4.79 Å². The fourth-order valence-electron chi connectivity index (χ4n) is 2.70. The van der Waals surface area contributed by atoms with E-state index in [1.165, 1.54) is 18.3 Å². The molecule has 0 heterocycles. The zero-order valence-corrected chi connectivity index (χ0v) is 18.9. The number of ether oxygens (including phenoxy) is 2. The molecule has 3 aromatic rings. The summed E-state index contributed by atoms with van der Waals surface area (Å²) in [6.07, 6.45) is 1.47. The summed E-state index contributed by atoms with van der Waals surface area (Å²) in [5.41, 5.74) is 4.87. The second-order valence-electron chi connectivity index (χ2n) is 6.72. The molecule has 0 saturated carbocycles. The van der Waals surface area contributed by atoms with E-state index in [-0.39, 0.29) is 22.2 Å². The van der Waals surface area contributed by atoms with E-state index in [0.717, 1.165) is 5.56 Å². The fourth-order valence-corrected chi connectivity index (χ4v) is 3.19. The van der Waals surface area contributed by atoms with E-state index in [4.69, 9.17) is 32.7 Å². The van der Waals surface area contributed by atoms with E-state index in [1.807, 2.05) is 26.0 Å². The number of esters is 1. The van der Waals surface area contributed by atoms with E-state index < -0.39 is 5.97 Å². The van der Waals surface area contributed by atoms with E-state index >= 15 is 0 Å². The quantitative estimate of drug-likeness (QED) is 0.208. The molecule has 8 heteroatoms. The Morgan fingerprint density at radius 2 is 1.75 bits per heavy atom. The standard InChI is InChI=1S/C24H20Cl2N2O4/c1-3-31-22-12-16(14-27-28-23(29)17-7-4-15(2)5-8-17)6-11-21(22)32-24(30)19-10-9-18(25)13-20(19)26/h4-14H,3H2,1-2H3,(H,28,29)/b27-14+. The number of carbonyl (C=O) groups is 2. The summed E-state index contributed by atoms with van der Waals surface area (Å²) in [4.78, 5) is 24.7. The van der Waals surface area contributed by atoms with Crippen LogP contribution in [0.5, 0.6) is 11.5 Å². The van der Waals surface area contributed by atoms with Gasteiger partial charge < -0.3 is 9.47 Å². The van der Waals surface area contributed by atoms with Crippen LogP contribution in [0.3, 0.4) is 0 Å². The minimum absolute atomic E-state index is 0.183. The lowest BCUT2D eigenvalue weighted by atomic mass is 10.1. The van der Waals surface area contributed by atoms with Crippen molar-refractivity contribution < 1.29 is 19.1 Å². The molecule has 3 rings (SSSR count). The largest absolute Gasteiger partial charge is 0.490 e. The van der Waals surface area contributed by atoms with Gasteiger partial charge in [-0.25, -0.2) is 10.2 Å². The van der Waals surface area contributed by atoms with Gasteiger partial charge in [0.25, 0.3) is 5.91 Å². The average Bonchev–Trinajstić information content (AvgIpc) is 2.76. The Kier molecular flexibility index (Phi) is 7.87. The summed E-state index contributed by atoms with van der Waals surface area (Å²) < 4.78 is 11.1. The minimum atomic E-state index is -0.639. The Hall–Kier alpha value is -3.35. The summed E-state index contributed by atoms with van der Waals surface area (Å²) in [7, 11) is 0. The third kappa shape index (κ3) is 6.09. The molecule has 0 atom stereocenters. The molecule has 0 aliphatic heterocycles. The molecule has 0 aliphatic carbocycles. The van der Waals surface area contributed by atoms with Gasteiger partial charge in [0.05, 0.1) is 23.4 Å².